The summed E-state index contributed by atoms with van der Waals surface area (Å²) in [6, 6.07) is 6.95. The molecule has 4 heteroatoms. The monoisotopic (exact) mass is 302 g/mol. The molecule has 0 unspecified atom stereocenters. The predicted octanol–water partition coefficient (Wildman–Crippen LogP) is 3.41. The molecule has 1 aliphatic heterocycles. The van der Waals surface area contributed by atoms with Crippen LogP contribution in [-0.2, 0) is 0 Å². The van der Waals surface area contributed by atoms with E-state index in [1.807, 2.05) is 0 Å². The molecule has 0 aromatic heterocycles. The second-order valence-electron chi connectivity index (χ2n) is 6.77. The van der Waals surface area contributed by atoms with Crippen LogP contribution >= 0.6 is 0 Å². The SMILES string of the molecule is CC(C)c1cccc(C(C)C)c1NC(N)=NC[C@@H]1CCCN1. The molecule has 0 amide bonds. The zero-order valence-electron chi connectivity index (χ0n) is 14.3. The zero-order valence-corrected chi connectivity index (χ0v) is 14.3. The van der Waals surface area contributed by atoms with Gasteiger partial charge in [-0.25, -0.2) is 0 Å². The molecule has 1 atom stereocenters. The number of nitrogens with one attached hydrogen (secondary N) is 2. The van der Waals surface area contributed by atoms with Gasteiger partial charge in [0, 0.05) is 11.7 Å². The van der Waals surface area contributed by atoms with Gasteiger partial charge in [0.25, 0.3) is 0 Å². The Bertz CT molecular complexity index is 488. The molecule has 0 radical (unpaired) electrons. The number of benzene rings is 1. The minimum Gasteiger partial charge on any atom is -0.370 e. The van der Waals surface area contributed by atoms with E-state index in [-0.39, 0.29) is 0 Å². The molecule has 1 aromatic carbocycles. The predicted molar refractivity (Wildman–Crippen MR) is 95.8 cm³/mol. The summed E-state index contributed by atoms with van der Waals surface area (Å²) in [7, 11) is 0. The molecule has 4 N–H and O–H groups in total. The first-order valence-electron chi connectivity index (χ1n) is 8.42. The first kappa shape index (κ1) is 16.8. The lowest BCUT2D eigenvalue weighted by Crippen LogP contribution is -2.29. The lowest BCUT2D eigenvalue weighted by atomic mass is 9.93. The van der Waals surface area contributed by atoms with Crippen molar-refractivity contribution in [2.75, 3.05) is 18.4 Å². The van der Waals surface area contributed by atoms with Crippen molar-refractivity contribution < 1.29 is 0 Å². The Morgan fingerprint density at radius 1 is 1.27 bits per heavy atom. The van der Waals surface area contributed by atoms with Crippen LogP contribution in [0.3, 0.4) is 0 Å². The summed E-state index contributed by atoms with van der Waals surface area (Å²) in [5.74, 6) is 1.42. The maximum Gasteiger partial charge on any atom is 0.193 e. The number of para-hydroxylation sites is 1. The first-order valence-corrected chi connectivity index (χ1v) is 8.42. The largest absolute Gasteiger partial charge is 0.370 e. The van der Waals surface area contributed by atoms with Gasteiger partial charge < -0.3 is 16.4 Å². The number of nitrogens with zero attached hydrogens (tertiary/aromatic N) is 1. The van der Waals surface area contributed by atoms with Crippen molar-refractivity contribution in [1.82, 2.24) is 5.32 Å². The molecule has 4 nitrogen and oxygen atoms in total. The van der Waals surface area contributed by atoms with Crippen LogP contribution in [0.2, 0.25) is 0 Å². The van der Waals surface area contributed by atoms with Gasteiger partial charge in [0.2, 0.25) is 0 Å². The van der Waals surface area contributed by atoms with Gasteiger partial charge in [0.1, 0.15) is 0 Å². The third-order valence-electron chi connectivity index (χ3n) is 4.27. The van der Waals surface area contributed by atoms with Gasteiger partial charge in [-0.05, 0) is 42.3 Å². The molecule has 2 rings (SSSR count). The molecule has 0 spiro atoms. The molecule has 1 saturated heterocycles. The summed E-state index contributed by atoms with van der Waals surface area (Å²) in [6.45, 7) is 10.7. The zero-order chi connectivity index (χ0) is 16.1. The molecular weight excluding hydrogens is 272 g/mol. The Labute approximate surface area is 134 Å². The van der Waals surface area contributed by atoms with Gasteiger partial charge in [-0.15, -0.1) is 0 Å². The number of aliphatic imine (C=N–C) groups is 1. The van der Waals surface area contributed by atoms with Gasteiger partial charge in [-0.1, -0.05) is 45.9 Å². The van der Waals surface area contributed by atoms with Crippen LogP contribution in [0.1, 0.15) is 63.5 Å². The fourth-order valence-corrected chi connectivity index (χ4v) is 2.98. The Balaban J connectivity index is 2.17. The standard InChI is InChI=1S/C18H30N4/c1-12(2)15-8-5-9-16(13(3)4)17(15)22-18(19)21-11-14-7-6-10-20-14/h5,8-9,12-14,20H,6-7,10-11H2,1-4H3,(H3,19,21,22)/t14-/m0/s1. The van der Waals surface area contributed by atoms with Gasteiger partial charge in [-0.3, -0.25) is 4.99 Å². The quantitative estimate of drug-likeness (QED) is 0.577. The van der Waals surface area contributed by atoms with Crippen molar-refractivity contribution in [3.05, 3.63) is 29.3 Å². The average Bonchev–Trinajstić information content (AvgIpc) is 2.98. The van der Waals surface area contributed by atoms with E-state index in [4.69, 9.17) is 5.73 Å². The van der Waals surface area contributed by atoms with Crippen molar-refractivity contribution in [3.8, 4) is 0 Å². The second-order valence-corrected chi connectivity index (χ2v) is 6.77. The third-order valence-corrected chi connectivity index (χ3v) is 4.27. The lowest BCUT2D eigenvalue weighted by molar-refractivity contribution is 0.617. The van der Waals surface area contributed by atoms with Crippen LogP contribution in [-0.4, -0.2) is 25.1 Å². The summed E-state index contributed by atoms with van der Waals surface area (Å²) in [5, 5.41) is 6.81. The molecule has 1 aromatic rings. The Morgan fingerprint density at radius 2 is 1.91 bits per heavy atom. The van der Waals surface area contributed by atoms with E-state index in [0.717, 1.165) is 18.8 Å². The highest BCUT2D eigenvalue weighted by Gasteiger charge is 2.15. The lowest BCUT2D eigenvalue weighted by Gasteiger charge is -2.20. The van der Waals surface area contributed by atoms with Crippen LogP contribution in [0.15, 0.2) is 23.2 Å². The van der Waals surface area contributed by atoms with Crippen LogP contribution in [0.4, 0.5) is 5.69 Å². The highest BCUT2D eigenvalue weighted by molar-refractivity contribution is 5.94. The number of hydrogen-bond donors (Lipinski definition) is 3. The number of hydrogen-bond acceptors (Lipinski definition) is 2. The molecule has 0 aliphatic carbocycles. The van der Waals surface area contributed by atoms with Gasteiger partial charge in [0.15, 0.2) is 5.96 Å². The maximum absolute atomic E-state index is 6.13. The van der Waals surface area contributed by atoms with Crippen LogP contribution in [0, 0.1) is 0 Å². The van der Waals surface area contributed by atoms with E-state index >= 15 is 0 Å². The minimum atomic E-state index is 0.450. The van der Waals surface area contributed by atoms with Gasteiger partial charge >= 0.3 is 0 Å². The van der Waals surface area contributed by atoms with E-state index in [2.05, 4.69) is 61.5 Å². The van der Waals surface area contributed by atoms with Crippen molar-refractivity contribution in [3.63, 3.8) is 0 Å². The van der Waals surface area contributed by atoms with Crippen molar-refractivity contribution >= 4 is 11.6 Å². The molecule has 1 aliphatic rings. The summed E-state index contributed by atoms with van der Waals surface area (Å²) >= 11 is 0. The molecule has 0 bridgehead atoms. The summed E-state index contributed by atoms with van der Waals surface area (Å²) in [4.78, 5) is 4.52. The van der Waals surface area contributed by atoms with Gasteiger partial charge in [-0.2, -0.15) is 0 Å². The molecule has 22 heavy (non-hydrogen) atoms. The van der Waals surface area contributed by atoms with Crippen LogP contribution in [0.25, 0.3) is 0 Å². The maximum atomic E-state index is 6.13. The molecular formula is C18H30N4. The summed E-state index contributed by atoms with van der Waals surface area (Å²) < 4.78 is 0. The highest BCUT2D eigenvalue weighted by atomic mass is 15.1. The van der Waals surface area contributed by atoms with Crippen molar-refractivity contribution in [2.45, 2.75) is 58.4 Å². The highest BCUT2D eigenvalue weighted by Crippen LogP contribution is 2.32. The average molecular weight is 302 g/mol. The van der Waals surface area contributed by atoms with Gasteiger partial charge in [0.05, 0.1) is 6.54 Å². The third kappa shape index (κ3) is 4.23. The van der Waals surface area contributed by atoms with Crippen LogP contribution in [0.5, 0.6) is 0 Å². The van der Waals surface area contributed by atoms with Crippen molar-refractivity contribution in [1.29, 1.82) is 0 Å². The van der Waals surface area contributed by atoms with E-state index in [1.165, 1.54) is 24.0 Å². The Hall–Kier alpha value is -1.55. The summed E-state index contributed by atoms with van der Waals surface area (Å²) in [5.41, 5.74) is 9.86. The van der Waals surface area contributed by atoms with Crippen LogP contribution < -0.4 is 16.4 Å². The number of nitrogens with two attached hydrogens (primary N) is 1. The van der Waals surface area contributed by atoms with E-state index in [0.29, 0.717) is 23.8 Å². The smallest absolute Gasteiger partial charge is 0.193 e. The van der Waals surface area contributed by atoms with Crippen molar-refractivity contribution in [2.24, 2.45) is 10.7 Å². The summed E-state index contributed by atoms with van der Waals surface area (Å²) in [6.07, 6.45) is 2.43. The molecule has 0 saturated carbocycles. The normalized spacial score (nSPS) is 19.2. The fourth-order valence-electron chi connectivity index (χ4n) is 2.98. The minimum absolute atomic E-state index is 0.450. The molecule has 1 heterocycles. The second kappa shape index (κ2) is 7.63. The first-order chi connectivity index (χ1) is 10.5. The van der Waals surface area contributed by atoms with E-state index < -0.39 is 0 Å². The van der Waals surface area contributed by atoms with E-state index in [1.54, 1.807) is 0 Å². The number of anilines is 1. The fraction of sp³-hybridized carbons (Fsp3) is 0.611. The molecule has 122 valence electrons. The molecule has 1 fully saturated rings. The topological polar surface area (TPSA) is 62.4 Å². The number of guanidine groups is 1. The van der Waals surface area contributed by atoms with E-state index in [9.17, 15) is 0 Å². The Kier molecular flexibility index (Phi) is 5.83. The Morgan fingerprint density at radius 3 is 2.41 bits per heavy atom. The number of rotatable bonds is 5.